The fraction of sp³-hybridized carbons (Fsp3) is 0.111. The van der Waals surface area contributed by atoms with Crippen LogP contribution in [0.2, 0.25) is 0 Å². The van der Waals surface area contributed by atoms with Gasteiger partial charge in [-0.05, 0) is 6.08 Å². The van der Waals surface area contributed by atoms with E-state index in [4.69, 9.17) is 5.11 Å². The lowest BCUT2D eigenvalue weighted by molar-refractivity contribution is -0.150. The van der Waals surface area contributed by atoms with Crippen LogP contribution in [0.15, 0.2) is 36.5 Å². The molecule has 0 aliphatic carbocycles. The van der Waals surface area contributed by atoms with Gasteiger partial charge in [0.1, 0.15) is 11.7 Å². The fourth-order valence-electron chi connectivity index (χ4n) is 0.677. The summed E-state index contributed by atoms with van der Waals surface area (Å²) < 4.78 is 25.5. The molecule has 82 valence electrons. The van der Waals surface area contributed by atoms with Crippen LogP contribution >= 0.6 is 0 Å². The minimum absolute atomic E-state index is 0.542. The topological polar surface area (TPSA) is 66.4 Å². The van der Waals surface area contributed by atoms with Crippen molar-refractivity contribution in [1.82, 2.24) is 5.32 Å². The van der Waals surface area contributed by atoms with Gasteiger partial charge in [-0.2, -0.15) is 0 Å². The van der Waals surface area contributed by atoms with Crippen LogP contribution < -0.4 is 5.32 Å². The molecule has 0 rings (SSSR count). The van der Waals surface area contributed by atoms with Crippen molar-refractivity contribution in [3.63, 3.8) is 0 Å². The van der Waals surface area contributed by atoms with Crippen LogP contribution in [0.1, 0.15) is 0 Å². The molecule has 0 fully saturated rings. The number of amides is 1. The summed E-state index contributed by atoms with van der Waals surface area (Å²) in [5.74, 6) is -5.20. The second-order valence-electron chi connectivity index (χ2n) is 2.42. The maximum atomic E-state index is 12.9. The molecule has 0 unspecified atom stereocenters. The van der Waals surface area contributed by atoms with Crippen LogP contribution in [0.4, 0.5) is 8.78 Å². The van der Waals surface area contributed by atoms with Gasteiger partial charge in [0.15, 0.2) is 0 Å². The van der Waals surface area contributed by atoms with Gasteiger partial charge < -0.3 is 10.4 Å². The van der Waals surface area contributed by atoms with Crippen molar-refractivity contribution in [3.05, 3.63) is 36.5 Å². The molecule has 0 heterocycles. The molecular formula is C9H9F2NO3. The molecule has 0 aliphatic rings. The Morgan fingerprint density at radius 3 is 2.27 bits per heavy atom. The standard InChI is InChI=1S/C9H9F2NO3/c1-3-7(11)6(5(2)10)4-12-8(13)9(14)15/h3H,1-2,4H2,(H,12,13)(H,14,15)/b7-6+. The Hall–Kier alpha value is -1.98. The average Bonchev–Trinajstić information content (AvgIpc) is 2.16. The van der Waals surface area contributed by atoms with Gasteiger partial charge in [-0.1, -0.05) is 13.2 Å². The average molecular weight is 217 g/mol. The van der Waals surface area contributed by atoms with E-state index in [1.165, 1.54) is 0 Å². The summed E-state index contributed by atoms with van der Waals surface area (Å²) in [7, 11) is 0. The summed E-state index contributed by atoms with van der Waals surface area (Å²) in [6.07, 6.45) is 0.729. The monoisotopic (exact) mass is 217 g/mol. The van der Waals surface area contributed by atoms with Crippen molar-refractivity contribution in [1.29, 1.82) is 0 Å². The van der Waals surface area contributed by atoms with E-state index < -0.39 is 35.6 Å². The van der Waals surface area contributed by atoms with Crippen LogP contribution in [-0.2, 0) is 9.59 Å². The van der Waals surface area contributed by atoms with Crippen LogP contribution in [0.3, 0.4) is 0 Å². The van der Waals surface area contributed by atoms with E-state index in [1.54, 1.807) is 5.32 Å². The summed E-state index contributed by atoms with van der Waals surface area (Å²) in [6, 6.07) is 0. The molecule has 1 amide bonds. The molecule has 2 N–H and O–H groups in total. The SMILES string of the molecule is C=C/C(F)=C(/CNC(=O)C(=O)O)C(=C)F. The van der Waals surface area contributed by atoms with Gasteiger partial charge in [0.25, 0.3) is 0 Å². The number of carboxylic acids is 1. The maximum absolute atomic E-state index is 12.9. The van der Waals surface area contributed by atoms with E-state index in [0.717, 1.165) is 6.08 Å². The molecular weight excluding hydrogens is 208 g/mol. The lowest BCUT2D eigenvalue weighted by Crippen LogP contribution is -2.32. The zero-order valence-corrected chi connectivity index (χ0v) is 7.72. The zero-order valence-electron chi connectivity index (χ0n) is 7.72. The lowest BCUT2D eigenvalue weighted by Gasteiger charge is -2.05. The number of carboxylic acid groups (broad SMARTS) is 1. The summed E-state index contributed by atoms with van der Waals surface area (Å²) in [4.78, 5) is 20.6. The molecule has 0 saturated heterocycles. The van der Waals surface area contributed by atoms with Gasteiger partial charge >= 0.3 is 11.9 Å². The van der Waals surface area contributed by atoms with Crippen LogP contribution in [0.5, 0.6) is 0 Å². The molecule has 0 radical (unpaired) electrons. The first-order valence-corrected chi connectivity index (χ1v) is 3.77. The second-order valence-corrected chi connectivity index (χ2v) is 2.42. The fourth-order valence-corrected chi connectivity index (χ4v) is 0.677. The quantitative estimate of drug-likeness (QED) is 0.547. The van der Waals surface area contributed by atoms with Crippen molar-refractivity contribution >= 4 is 11.9 Å². The van der Waals surface area contributed by atoms with Gasteiger partial charge in [-0.15, -0.1) is 0 Å². The third-order valence-corrected chi connectivity index (χ3v) is 1.41. The molecule has 0 aromatic carbocycles. The van der Waals surface area contributed by atoms with E-state index >= 15 is 0 Å². The minimum Gasteiger partial charge on any atom is -0.474 e. The van der Waals surface area contributed by atoms with Crippen molar-refractivity contribution in [3.8, 4) is 0 Å². The number of nitrogens with one attached hydrogen (secondary N) is 1. The summed E-state index contributed by atoms with van der Waals surface area (Å²) in [5, 5.41) is 9.96. The van der Waals surface area contributed by atoms with Gasteiger partial charge in [-0.3, -0.25) is 4.79 Å². The van der Waals surface area contributed by atoms with E-state index in [-0.39, 0.29) is 0 Å². The van der Waals surface area contributed by atoms with Crippen LogP contribution in [-0.4, -0.2) is 23.5 Å². The number of allylic oxidation sites excluding steroid dienone is 2. The number of hydrogen-bond acceptors (Lipinski definition) is 2. The molecule has 0 saturated carbocycles. The number of carbonyl (C=O) groups excluding carboxylic acids is 1. The van der Waals surface area contributed by atoms with E-state index in [2.05, 4.69) is 13.2 Å². The normalized spacial score (nSPS) is 11.3. The highest BCUT2D eigenvalue weighted by molar-refractivity contribution is 6.31. The smallest absolute Gasteiger partial charge is 0.394 e. The molecule has 0 bridgehead atoms. The second kappa shape index (κ2) is 5.69. The van der Waals surface area contributed by atoms with Crippen molar-refractivity contribution in [2.24, 2.45) is 0 Å². The highest BCUT2D eigenvalue weighted by atomic mass is 19.1. The number of halogens is 2. The summed E-state index contributed by atoms with van der Waals surface area (Å²) in [6.45, 7) is 5.29. The largest absolute Gasteiger partial charge is 0.474 e. The van der Waals surface area contributed by atoms with E-state index in [9.17, 15) is 18.4 Å². The predicted molar refractivity (Wildman–Crippen MR) is 49.2 cm³/mol. The molecule has 0 aromatic rings. The first-order valence-electron chi connectivity index (χ1n) is 3.77. The summed E-state index contributed by atoms with van der Waals surface area (Å²) in [5.41, 5.74) is -0.542. The molecule has 15 heavy (non-hydrogen) atoms. The minimum atomic E-state index is -1.74. The Kier molecular flexibility index (Phi) is 4.94. The van der Waals surface area contributed by atoms with Crippen molar-refractivity contribution < 1.29 is 23.5 Å². The Bertz CT molecular complexity index is 347. The first-order chi connectivity index (χ1) is 6.90. The number of aliphatic carboxylic acids is 1. The van der Waals surface area contributed by atoms with Gasteiger partial charge in [0.2, 0.25) is 0 Å². The molecule has 0 aromatic heterocycles. The van der Waals surface area contributed by atoms with Crippen molar-refractivity contribution in [2.45, 2.75) is 0 Å². The Labute approximate surface area is 84.6 Å². The van der Waals surface area contributed by atoms with Gasteiger partial charge in [-0.25, -0.2) is 13.6 Å². The third kappa shape index (κ3) is 4.17. The molecule has 0 atom stereocenters. The Morgan fingerprint density at radius 1 is 1.40 bits per heavy atom. The van der Waals surface area contributed by atoms with Crippen LogP contribution in [0, 0.1) is 0 Å². The number of carbonyl (C=O) groups is 2. The Morgan fingerprint density at radius 2 is 1.93 bits per heavy atom. The van der Waals surface area contributed by atoms with Gasteiger partial charge in [0, 0.05) is 12.1 Å². The number of hydrogen-bond donors (Lipinski definition) is 2. The maximum Gasteiger partial charge on any atom is 0.394 e. The highest BCUT2D eigenvalue weighted by Gasteiger charge is 2.14. The first kappa shape index (κ1) is 13.0. The predicted octanol–water partition coefficient (Wildman–Crippen LogP) is 1.08. The Balaban J connectivity index is 4.61. The molecule has 4 nitrogen and oxygen atoms in total. The van der Waals surface area contributed by atoms with Crippen molar-refractivity contribution in [2.75, 3.05) is 6.54 Å². The zero-order chi connectivity index (χ0) is 12.0. The third-order valence-electron chi connectivity index (χ3n) is 1.41. The molecule has 6 heteroatoms. The van der Waals surface area contributed by atoms with Gasteiger partial charge in [0.05, 0.1) is 0 Å². The molecule has 0 aliphatic heterocycles. The summed E-state index contributed by atoms with van der Waals surface area (Å²) >= 11 is 0. The molecule has 0 spiro atoms. The van der Waals surface area contributed by atoms with Crippen LogP contribution in [0.25, 0.3) is 0 Å². The van der Waals surface area contributed by atoms with E-state index in [1.807, 2.05) is 0 Å². The number of rotatable bonds is 4. The van der Waals surface area contributed by atoms with E-state index in [0.29, 0.717) is 0 Å². The highest BCUT2D eigenvalue weighted by Crippen LogP contribution is 2.15. The lowest BCUT2D eigenvalue weighted by atomic mass is 10.2.